The predicted octanol–water partition coefficient (Wildman–Crippen LogP) is 3.23. The second-order valence-corrected chi connectivity index (χ2v) is 10.1. The van der Waals surface area contributed by atoms with Crippen molar-refractivity contribution in [2.75, 3.05) is 57.3 Å². The van der Waals surface area contributed by atoms with E-state index < -0.39 is 14.8 Å². The van der Waals surface area contributed by atoms with Crippen molar-refractivity contribution < 1.29 is 9.53 Å². The topological polar surface area (TPSA) is 32.8 Å². The number of alkyl halides is 4. The third-order valence-corrected chi connectivity index (χ3v) is 9.48. The summed E-state index contributed by atoms with van der Waals surface area (Å²) in [6.45, 7) is 5.32. The summed E-state index contributed by atoms with van der Waals surface area (Å²) in [6.07, 6.45) is 1.95. The van der Waals surface area contributed by atoms with Crippen LogP contribution >= 0.6 is 46.4 Å². The summed E-state index contributed by atoms with van der Waals surface area (Å²) in [5, 5.41) is 0. The lowest BCUT2D eigenvalue weighted by Gasteiger charge is -2.39. The molecule has 0 rings (SSSR count). The van der Waals surface area contributed by atoms with E-state index in [1.165, 1.54) is 6.08 Å². The van der Waals surface area contributed by atoms with Crippen molar-refractivity contribution in [2.24, 2.45) is 0 Å². The highest BCUT2D eigenvalue weighted by Gasteiger charge is 2.34. The molecule has 0 N–H and O–H groups in total. The van der Waals surface area contributed by atoms with Gasteiger partial charge in [-0.2, -0.15) is 0 Å². The third-order valence-electron chi connectivity index (χ3n) is 4.11. The van der Waals surface area contributed by atoms with Crippen molar-refractivity contribution in [3.05, 3.63) is 12.7 Å². The maximum Gasteiger partial charge on any atom is 0.330 e. The molecule has 0 aromatic carbocycles. The number of carbonyl (C=O) groups is 1. The first-order valence-electron chi connectivity index (χ1n) is 8.25. The Bertz CT molecular complexity index is 360. The largest absolute Gasteiger partial charge is 0.463 e. The minimum Gasteiger partial charge on any atom is -0.463 e. The molecule has 0 aromatic rings. The number of hydrogen-bond acceptors (Lipinski definition) is 4. The van der Waals surface area contributed by atoms with Gasteiger partial charge >= 0.3 is 5.97 Å². The maximum atomic E-state index is 11.2. The quantitative estimate of drug-likeness (QED) is 0.126. The van der Waals surface area contributed by atoms with Crippen LogP contribution in [-0.2, 0) is 9.53 Å². The fraction of sp³-hybridized carbons (Fsp3) is 0.812. The lowest BCUT2D eigenvalue weighted by atomic mass is 10.5. The molecule has 0 heterocycles. The molecule has 0 saturated carbocycles. The molecule has 147 valence electrons. The van der Waals surface area contributed by atoms with E-state index in [2.05, 4.69) is 16.4 Å². The van der Waals surface area contributed by atoms with Crippen LogP contribution in [0.4, 0.5) is 0 Å². The zero-order chi connectivity index (χ0) is 19.2. The predicted molar refractivity (Wildman–Crippen MR) is 112 cm³/mol. The fourth-order valence-electron chi connectivity index (χ4n) is 2.64. The molecular formula is C16H29Cl4N2O2Si. The van der Waals surface area contributed by atoms with Crippen molar-refractivity contribution in [1.29, 1.82) is 0 Å². The standard InChI is InChI=1S/C16H29Cl4N2O2Si/c1-4-16(23)24-10-5-11-25(14(12-19)21(2)8-6-17)15(13-20)22(3)9-7-18/h4,14-15H,1,5-13H2,2-3H3. The van der Waals surface area contributed by atoms with Crippen LogP contribution in [0.2, 0.25) is 6.04 Å². The van der Waals surface area contributed by atoms with E-state index in [0.29, 0.717) is 30.1 Å². The lowest BCUT2D eigenvalue weighted by molar-refractivity contribution is -0.137. The zero-order valence-electron chi connectivity index (χ0n) is 15.0. The van der Waals surface area contributed by atoms with E-state index in [1.807, 2.05) is 14.1 Å². The minimum atomic E-state index is -1.02. The first kappa shape index (κ1) is 25.5. The molecule has 0 amide bonds. The number of carbonyl (C=O) groups excluding carboxylic acids is 1. The molecule has 4 nitrogen and oxygen atoms in total. The first-order valence-corrected chi connectivity index (χ1v) is 12.3. The van der Waals surface area contributed by atoms with Gasteiger partial charge in [0.2, 0.25) is 0 Å². The van der Waals surface area contributed by atoms with Crippen molar-refractivity contribution in [3.63, 3.8) is 0 Å². The van der Waals surface area contributed by atoms with Crippen LogP contribution in [0.1, 0.15) is 6.42 Å². The fourth-order valence-corrected chi connectivity index (χ4v) is 8.29. The van der Waals surface area contributed by atoms with E-state index >= 15 is 0 Å². The second-order valence-electron chi connectivity index (χ2n) is 5.73. The van der Waals surface area contributed by atoms with Gasteiger partial charge in [0.15, 0.2) is 0 Å². The summed E-state index contributed by atoms with van der Waals surface area (Å²) in [5.74, 6) is 1.76. The van der Waals surface area contributed by atoms with Crippen molar-refractivity contribution in [1.82, 2.24) is 9.80 Å². The Hall–Kier alpha value is 0.507. The molecular weight excluding hydrogens is 422 g/mol. The summed E-state index contributed by atoms with van der Waals surface area (Å²) in [5.41, 5.74) is 0.448. The summed E-state index contributed by atoms with van der Waals surface area (Å²) < 4.78 is 5.11. The molecule has 2 atom stereocenters. The Morgan fingerprint density at radius 2 is 1.56 bits per heavy atom. The van der Waals surface area contributed by atoms with Crippen LogP contribution in [0.5, 0.6) is 0 Å². The number of ether oxygens (including phenoxy) is 1. The van der Waals surface area contributed by atoms with Crippen LogP contribution in [0.3, 0.4) is 0 Å². The molecule has 0 fully saturated rings. The summed E-state index contributed by atoms with van der Waals surface area (Å²) in [6, 6.07) is 0.934. The smallest absolute Gasteiger partial charge is 0.330 e. The summed E-state index contributed by atoms with van der Waals surface area (Å²) >= 11 is 24.5. The van der Waals surface area contributed by atoms with Crippen LogP contribution in [0.25, 0.3) is 0 Å². The highest BCUT2D eigenvalue weighted by molar-refractivity contribution is 6.64. The van der Waals surface area contributed by atoms with Gasteiger partial charge in [-0.15, -0.1) is 46.4 Å². The molecule has 0 aliphatic heterocycles. The number of nitrogens with zero attached hydrogens (tertiary/aromatic N) is 2. The average Bonchev–Trinajstić information content (AvgIpc) is 2.59. The van der Waals surface area contributed by atoms with Gasteiger partial charge < -0.3 is 14.5 Å². The van der Waals surface area contributed by atoms with Gasteiger partial charge in [-0.3, -0.25) is 0 Å². The molecule has 9 heteroatoms. The first-order chi connectivity index (χ1) is 12.0. The van der Waals surface area contributed by atoms with Crippen molar-refractivity contribution in [3.8, 4) is 0 Å². The van der Waals surface area contributed by atoms with Crippen molar-refractivity contribution >= 4 is 61.2 Å². The lowest BCUT2D eigenvalue weighted by Crippen LogP contribution is -2.58. The van der Waals surface area contributed by atoms with Gasteiger partial charge in [0.1, 0.15) is 0 Å². The Balaban J connectivity index is 5.10. The summed E-state index contributed by atoms with van der Waals surface area (Å²) in [7, 11) is 3.08. The van der Waals surface area contributed by atoms with Crippen molar-refractivity contribution in [2.45, 2.75) is 23.8 Å². The van der Waals surface area contributed by atoms with Gasteiger partial charge in [0, 0.05) is 54.0 Å². The number of halogens is 4. The molecule has 2 unspecified atom stereocenters. The molecule has 1 radical (unpaired) electrons. The van der Waals surface area contributed by atoms with Gasteiger partial charge in [-0.25, -0.2) is 4.79 Å². The van der Waals surface area contributed by atoms with E-state index in [0.717, 1.165) is 25.6 Å². The van der Waals surface area contributed by atoms with E-state index in [4.69, 9.17) is 51.1 Å². The molecule has 0 bridgehead atoms. The van der Waals surface area contributed by atoms with Crippen LogP contribution in [0, 0.1) is 0 Å². The highest BCUT2D eigenvalue weighted by Crippen LogP contribution is 2.19. The number of rotatable bonds is 15. The average molecular weight is 451 g/mol. The summed E-state index contributed by atoms with van der Waals surface area (Å²) in [4.78, 5) is 15.6. The van der Waals surface area contributed by atoms with Crippen LogP contribution < -0.4 is 0 Å². The Kier molecular flexibility index (Phi) is 15.9. The molecule has 0 spiro atoms. The molecule has 0 saturated heterocycles. The number of hydrogen-bond donors (Lipinski definition) is 0. The highest BCUT2D eigenvalue weighted by atomic mass is 35.5. The zero-order valence-corrected chi connectivity index (χ0v) is 19.0. The third kappa shape index (κ3) is 9.85. The van der Waals surface area contributed by atoms with Crippen LogP contribution in [0.15, 0.2) is 12.7 Å². The van der Waals surface area contributed by atoms with E-state index in [1.54, 1.807) is 0 Å². The van der Waals surface area contributed by atoms with E-state index in [9.17, 15) is 4.79 Å². The number of esters is 1. The van der Waals surface area contributed by atoms with E-state index in [-0.39, 0.29) is 11.3 Å². The Morgan fingerprint density at radius 1 is 1.08 bits per heavy atom. The molecule has 0 aliphatic rings. The molecule has 0 aliphatic carbocycles. The van der Waals surface area contributed by atoms with Gasteiger partial charge in [-0.05, 0) is 20.5 Å². The second kappa shape index (κ2) is 15.6. The van der Waals surface area contributed by atoms with Gasteiger partial charge in [0.25, 0.3) is 0 Å². The van der Waals surface area contributed by atoms with Gasteiger partial charge in [0.05, 0.1) is 15.4 Å². The Morgan fingerprint density at radius 3 is 1.92 bits per heavy atom. The van der Waals surface area contributed by atoms with Gasteiger partial charge in [-0.1, -0.05) is 12.6 Å². The molecule has 25 heavy (non-hydrogen) atoms. The maximum absolute atomic E-state index is 11.2. The molecule has 0 aromatic heterocycles. The van der Waals surface area contributed by atoms with Crippen LogP contribution in [-0.4, -0.2) is 93.2 Å². The normalized spacial score (nSPS) is 14.1. The monoisotopic (exact) mass is 449 g/mol. The SMILES string of the molecule is C=CC(=O)OCCC[Si](C(CCl)N(C)CCCl)C(CCl)N(C)CCCl. The Labute approximate surface area is 174 Å². The minimum absolute atomic E-state index is 0.224.